The summed E-state index contributed by atoms with van der Waals surface area (Å²) in [7, 11) is 0. The van der Waals surface area contributed by atoms with Crippen molar-refractivity contribution in [1.29, 1.82) is 0 Å². The molecule has 0 aliphatic heterocycles. The van der Waals surface area contributed by atoms with E-state index in [4.69, 9.17) is 10.3 Å². The Balaban J connectivity index is 2.40. The van der Waals surface area contributed by atoms with Crippen LogP contribution in [-0.4, -0.2) is 17.1 Å². The van der Waals surface area contributed by atoms with Crippen molar-refractivity contribution in [2.75, 3.05) is 6.61 Å². The van der Waals surface area contributed by atoms with Crippen molar-refractivity contribution in [2.45, 2.75) is 13.5 Å². The molecule has 25 heavy (non-hydrogen) atoms. The summed E-state index contributed by atoms with van der Waals surface area (Å²) in [5, 5.41) is 4.45. The lowest BCUT2D eigenvalue weighted by atomic mass is 10.1. The van der Waals surface area contributed by atoms with Crippen molar-refractivity contribution in [2.24, 2.45) is 5.11 Å². The van der Waals surface area contributed by atoms with Crippen LogP contribution in [0.3, 0.4) is 0 Å². The molecule has 0 bridgehead atoms. The Morgan fingerprint density at radius 3 is 2.72 bits per heavy atom. The van der Waals surface area contributed by atoms with Gasteiger partial charge in [-0.1, -0.05) is 45.3 Å². The van der Waals surface area contributed by atoms with Gasteiger partial charge in [-0.3, -0.25) is 0 Å². The topological polar surface area (TPSA) is 80.0 Å². The first-order valence-electron chi connectivity index (χ1n) is 7.73. The average molecular weight is 399 g/mol. The van der Waals surface area contributed by atoms with Crippen LogP contribution in [-0.2, 0) is 11.3 Å². The fourth-order valence-electron chi connectivity index (χ4n) is 2.87. The van der Waals surface area contributed by atoms with Gasteiger partial charge in [0.05, 0.1) is 24.2 Å². The van der Waals surface area contributed by atoms with E-state index in [-0.39, 0.29) is 13.2 Å². The van der Waals surface area contributed by atoms with Gasteiger partial charge >= 0.3 is 5.97 Å². The zero-order chi connectivity index (χ0) is 17.8. The number of carbonyl (C=O) groups excluding carboxylic acids is 1. The zero-order valence-electron chi connectivity index (χ0n) is 13.5. The molecule has 0 saturated carbocycles. The summed E-state index contributed by atoms with van der Waals surface area (Å²) in [6, 6.07) is 15.3. The number of ether oxygens (including phenoxy) is 1. The highest BCUT2D eigenvalue weighted by molar-refractivity contribution is 9.10. The maximum absolute atomic E-state index is 12.6. The molecule has 0 aliphatic rings. The highest BCUT2D eigenvalue weighted by Gasteiger charge is 2.24. The third kappa shape index (κ3) is 3.24. The summed E-state index contributed by atoms with van der Waals surface area (Å²) >= 11 is 3.48. The van der Waals surface area contributed by atoms with E-state index in [1.807, 2.05) is 53.1 Å². The molecule has 0 radical (unpaired) electrons. The number of nitrogens with zero attached hydrogens (tertiary/aromatic N) is 4. The summed E-state index contributed by atoms with van der Waals surface area (Å²) < 4.78 is 8.06. The van der Waals surface area contributed by atoms with Crippen LogP contribution in [0.2, 0.25) is 0 Å². The van der Waals surface area contributed by atoms with E-state index >= 15 is 0 Å². The van der Waals surface area contributed by atoms with Gasteiger partial charge in [0.15, 0.2) is 0 Å². The highest BCUT2D eigenvalue weighted by Crippen LogP contribution is 2.32. The monoisotopic (exact) mass is 398 g/mol. The maximum atomic E-state index is 12.6. The van der Waals surface area contributed by atoms with Crippen LogP contribution in [0.15, 0.2) is 58.1 Å². The second kappa shape index (κ2) is 7.42. The van der Waals surface area contributed by atoms with Gasteiger partial charge in [-0.05, 0) is 36.7 Å². The van der Waals surface area contributed by atoms with Crippen LogP contribution in [0.4, 0.5) is 0 Å². The molecule has 0 fully saturated rings. The van der Waals surface area contributed by atoms with Crippen molar-refractivity contribution in [3.63, 3.8) is 0 Å². The molecule has 3 rings (SSSR count). The van der Waals surface area contributed by atoms with Gasteiger partial charge in [-0.25, -0.2) is 4.79 Å². The minimum Gasteiger partial charge on any atom is -0.462 e. The van der Waals surface area contributed by atoms with E-state index in [0.717, 1.165) is 21.1 Å². The number of carbonyl (C=O) groups is 1. The molecule has 3 aromatic rings. The lowest BCUT2D eigenvalue weighted by Gasteiger charge is -2.10. The van der Waals surface area contributed by atoms with Gasteiger partial charge in [-0.2, -0.15) is 0 Å². The molecule has 7 heteroatoms. The van der Waals surface area contributed by atoms with E-state index in [0.29, 0.717) is 11.3 Å². The molecule has 0 N–H and O–H groups in total. The molecule has 0 saturated heterocycles. The van der Waals surface area contributed by atoms with Gasteiger partial charge in [0.1, 0.15) is 0 Å². The fraction of sp³-hybridized carbons (Fsp3) is 0.167. The van der Waals surface area contributed by atoms with Gasteiger partial charge in [0.2, 0.25) is 0 Å². The number of para-hydroxylation sites is 1. The Kier molecular flexibility index (Phi) is 5.07. The van der Waals surface area contributed by atoms with Crippen LogP contribution in [0, 0.1) is 0 Å². The molecule has 1 heterocycles. The standard InChI is InChI=1S/C18H15BrN4O2/c1-2-25-18(24)17-14-9-8-12(19)10-15(14)23(16(17)11-21-22-20)13-6-4-3-5-7-13/h3-10H,2,11H2,1H3. The number of azide groups is 1. The molecule has 2 aromatic carbocycles. The normalized spacial score (nSPS) is 10.5. The molecule has 0 amide bonds. The summed E-state index contributed by atoms with van der Waals surface area (Å²) in [6.07, 6.45) is 0. The lowest BCUT2D eigenvalue weighted by molar-refractivity contribution is 0.0527. The number of benzene rings is 2. The molecule has 126 valence electrons. The van der Waals surface area contributed by atoms with Gasteiger partial charge in [0.25, 0.3) is 0 Å². The van der Waals surface area contributed by atoms with E-state index < -0.39 is 5.97 Å². The number of hydrogen-bond acceptors (Lipinski definition) is 3. The Morgan fingerprint density at radius 1 is 1.28 bits per heavy atom. The van der Waals surface area contributed by atoms with E-state index in [1.54, 1.807) is 6.92 Å². The number of fused-ring (bicyclic) bond motifs is 1. The molecule has 6 nitrogen and oxygen atoms in total. The Bertz CT molecular complexity index is 976. The van der Waals surface area contributed by atoms with Crippen molar-refractivity contribution in [1.82, 2.24) is 4.57 Å². The second-order valence-electron chi connectivity index (χ2n) is 5.26. The van der Waals surface area contributed by atoms with Crippen LogP contribution >= 0.6 is 15.9 Å². The first kappa shape index (κ1) is 17.1. The predicted octanol–water partition coefficient (Wildman–Crippen LogP) is 5.38. The number of esters is 1. The highest BCUT2D eigenvalue weighted by atomic mass is 79.9. The molecule has 0 unspecified atom stereocenters. The zero-order valence-corrected chi connectivity index (χ0v) is 15.1. The fourth-order valence-corrected chi connectivity index (χ4v) is 3.21. The SMILES string of the molecule is CCOC(=O)c1c(CN=[N+]=[N-])n(-c2ccccc2)c2cc(Br)ccc12. The Morgan fingerprint density at radius 2 is 2.04 bits per heavy atom. The van der Waals surface area contributed by atoms with Crippen molar-refractivity contribution >= 4 is 32.8 Å². The maximum Gasteiger partial charge on any atom is 0.340 e. The van der Waals surface area contributed by atoms with Gasteiger partial charge < -0.3 is 9.30 Å². The first-order valence-corrected chi connectivity index (χ1v) is 8.53. The third-order valence-electron chi connectivity index (χ3n) is 3.81. The third-order valence-corrected chi connectivity index (χ3v) is 4.30. The Hall–Kier alpha value is -2.76. The molecular formula is C18H15BrN4O2. The van der Waals surface area contributed by atoms with E-state index in [2.05, 4.69) is 26.0 Å². The van der Waals surface area contributed by atoms with Crippen molar-refractivity contribution in [3.05, 3.63) is 74.7 Å². The molecule has 0 aliphatic carbocycles. The molecular weight excluding hydrogens is 384 g/mol. The number of halogens is 1. The quantitative estimate of drug-likeness (QED) is 0.250. The van der Waals surface area contributed by atoms with Crippen LogP contribution in [0.5, 0.6) is 0 Å². The van der Waals surface area contributed by atoms with E-state index in [9.17, 15) is 4.79 Å². The molecule has 0 spiro atoms. The lowest BCUT2D eigenvalue weighted by Crippen LogP contribution is -2.09. The predicted molar refractivity (Wildman–Crippen MR) is 99.8 cm³/mol. The molecule has 1 aromatic heterocycles. The minimum absolute atomic E-state index is 0.0475. The van der Waals surface area contributed by atoms with Crippen molar-refractivity contribution < 1.29 is 9.53 Å². The Labute approximate surface area is 152 Å². The average Bonchev–Trinajstić information content (AvgIpc) is 2.94. The summed E-state index contributed by atoms with van der Waals surface area (Å²) in [5.74, 6) is -0.423. The van der Waals surface area contributed by atoms with Crippen LogP contribution in [0.25, 0.3) is 27.0 Å². The van der Waals surface area contributed by atoms with Crippen LogP contribution < -0.4 is 0 Å². The summed E-state index contributed by atoms with van der Waals surface area (Å²) in [6.45, 7) is 2.08. The number of hydrogen-bond donors (Lipinski definition) is 0. The first-order chi connectivity index (χ1) is 12.2. The summed E-state index contributed by atoms with van der Waals surface area (Å²) in [5.41, 5.74) is 11.5. The number of aromatic nitrogens is 1. The number of rotatable bonds is 5. The second-order valence-corrected chi connectivity index (χ2v) is 6.18. The minimum atomic E-state index is -0.423. The molecule has 0 atom stereocenters. The van der Waals surface area contributed by atoms with Crippen LogP contribution in [0.1, 0.15) is 23.0 Å². The summed E-state index contributed by atoms with van der Waals surface area (Å²) in [4.78, 5) is 15.4. The van der Waals surface area contributed by atoms with E-state index in [1.165, 1.54) is 0 Å². The van der Waals surface area contributed by atoms with Gasteiger partial charge in [-0.15, -0.1) is 0 Å². The largest absolute Gasteiger partial charge is 0.462 e. The van der Waals surface area contributed by atoms with Crippen molar-refractivity contribution in [3.8, 4) is 5.69 Å². The van der Waals surface area contributed by atoms with Gasteiger partial charge in [0, 0.05) is 26.2 Å². The smallest absolute Gasteiger partial charge is 0.340 e.